The average molecular weight is 275 g/mol. The number of H-pyrrole nitrogens is 1. The minimum absolute atomic E-state index is 0.205. The van der Waals surface area contributed by atoms with Gasteiger partial charge in [0.25, 0.3) is 5.91 Å². The number of aryl methyl sites for hydroxylation is 1. The van der Waals surface area contributed by atoms with E-state index in [1.54, 1.807) is 30.5 Å². The Labute approximate surface area is 115 Å². The van der Waals surface area contributed by atoms with Crippen LogP contribution in [0.1, 0.15) is 22.5 Å². The molecule has 0 aliphatic heterocycles. The van der Waals surface area contributed by atoms with Gasteiger partial charge in [0.2, 0.25) is 5.91 Å². The number of benzene rings is 1. The molecule has 1 heterocycles. The Kier molecular flexibility index (Phi) is 4.49. The van der Waals surface area contributed by atoms with Crippen LogP contribution in [0.4, 0.5) is 4.39 Å². The highest BCUT2D eigenvalue weighted by molar-refractivity contribution is 5.93. The van der Waals surface area contributed by atoms with Crippen LogP contribution in [0, 0.1) is 5.82 Å². The van der Waals surface area contributed by atoms with E-state index < -0.39 is 5.91 Å². The maximum absolute atomic E-state index is 12.7. The number of aromatic nitrogens is 1. The predicted octanol–water partition coefficient (Wildman–Crippen LogP) is 1.55. The lowest BCUT2D eigenvalue weighted by Crippen LogP contribution is -2.41. The molecule has 0 radical (unpaired) electrons. The van der Waals surface area contributed by atoms with Crippen LogP contribution in [0.2, 0.25) is 0 Å². The fourth-order valence-corrected chi connectivity index (χ4v) is 1.64. The summed E-state index contributed by atoms with van der Waals surface area (Å²) >= 11 is 0. The zero-order valence-corrected chi connectivity index (χ0v) is 10.7. The fraction of sp³-hybridized carbons (Fsp3) is 0.143. The van der Waals surface area contributed by atoms with Gasteiger partial charge in [-0.15, -0.1) is 0 Å². The van der Waals surface area contributed by atoms with E-state index in [2.05, 4.69) is 15.8 Å². The Bertz CT molecular complexity index is 579. The van der Waals surface area contributed by atoms with Crippen LogP contribution in [-0.4, -0.2) is 16.8 Å². The zero-order chi connectivity index (χ0) is 14.4. The molecular formula is C14H14FN3O2. The first kappa shape index (κ1) is 13.8. The van der Waals surface area contributed by atoms with Crippen molar-refractivity contribution in [2.24, 2.45) is 0 Å². The molecular weight excluding hydrogens is 261 g/mol. The van der Waals surface area contributed by atoms with Crippen molar-refractivity contribution >= 4 is 11.8 Å². The van der Waals surface area contributed by atoms with Gasteiger partial charge >= 0.3 is 0 Å². The second-order valence-corrected chi connectivity index (χ2v) is 4.21. The third kappa shape index (κ3) is 3.94. The molecule has 0 saturated heterocycles. The highest BCUT2D eigenvalue weighted by Gasteiger charge is 2.07. The van der Waals surface area contributed by atoms with Crippen molar-refractivity contribution < 1.29 is 14.0 Å². The average Bonchev–Trinajstić information content (AvgIpc) is 2.98. The van der Waals surface area contributed by atoms with E-state index in [1.807, 2.05) is 0 Å². The molecule has 5 nitrogen and oxygen atoms in total. The number of nitrogens with one attached hydrogen (secondary N) is 3. The molecule has 2 rings (SSSR count). The summed E-state index contributed by atoms with van der Waals surface area (Å²) in [5, 5.41) is 0. The Balaban J connectivity index is 1.73. The maximum atomic E-state index is 12.7. The first-order chi connectivity index (χ1) is 9.65. The Morgan fingerprint density at radius 1 is 1.10 bits per heavy atom. The van der Waals surface area contributed by atoms with Crippen LogP contribution in [0.3, 0.4) is 0 Å². The fourth-order valence-electron chi connectivity index (χ4n) is 1.64. The Hall–Kier alpha value is -2.63. The van der Waals surface area contributed by atoms with E-state index in [0.29, 0.717) is 12.1 Å². The van der Waals surface area contributed by atoms with E-state index in [9.17, 15) is 14.0 Å². The van der Waals surface area contributed by atoms with Crippen LogP contribution < -0.4 is 10.9 Å². The van der Waals surface area contributed by atoms with Crippen LogP contribution >= 0.6 is 0 Å². The van der Waals surface area contributed by atoms with Gasteiger partial charge in [-0.3, -0.25) is 20.4 Å². The molecule has 1 aromatic carbocycles. The number of amides is 2. The van der Waals surface area contributed by atoms with Crippen molar-refractivity contribution in [3.8, 4) is 0 Å². The number of aromatic amines is 1. The minimum atomic E-state index is -0.412. The molecule has 104 valence electrons. The van der Waals surface area contributed by atoms with E-state index in [-0.39, 0.29) is 18.1 Å². The van der Waals surface area contributed by atoms with Gasteiger partial charge in [-0.25, -0.2) is 4.39 Å². The van der Waals surface area contributed by atoms with Crippen LogP contribution in [0.15, 0.2) is 42.6 Å². The summed E-state index contributed by atoms with van der Waals surface area (Å²) in [5.74, 6) is -1.03. The van der Waals surface area contributed by atoms with Gasteiger partial charge in [0.15, 0.2) is 0 Å². The Morgan fingerprint density at radius 3 is 2.50 bits per heavy atom. The molecule has 6 heteroatoms. The lowest BCUT2D eigenvalue weighted by molar-refractivity contribution is -0.121. The van der Waals surface area contributed by atoms with Crippen molar-refractivity contribution in [3.05, 3.63) is 59.7 Å². The Morgan fingerprint density at radius 2 is 1.85 bits per heavy atom. The smallest absolute Gasteiger partial charge is 0.286 e. The van der Waals surface area contributed by atoms with E-state index in [1.165, 1.54) is 12.1 Å². The molecule has 0 unspecified atom stereocenters. The SMILES string of the molecule is O=C(CCc1ccc(F)cc1)NNC(=O)c1ccc[nH]1. The van der Waals surface area contributed by atoms with Crippen molar-refractivity contribution in [2.75, 3.05) is 0 Å². The quantitative estimate of drug-likeness (QED) is 0.741. The minimum Gasteiger partial charge on any atom is -0.357 e. The molecule has 0 bridgehead atoms. The third-order valence-corrected chi connectivity index (χ3v) is 2.71. The number of hydrogen-bond donors (Lipinski definition) is 3. The largest absolute Gasteiger partial charge is 0.357 e. The number of carbonyl (C=O) groups is 2. The second kappa shape index (κ2) is 6.51. The standard InChI is InChI=1S/C14H14FN3O2/c15-11-6-3-10(4-7-11)5-8-13(19)17-18-14(20)12-2-1-9-16-12/h1-4,6-7,9,16H,5,8H2,(H,17,19)(H,18,20). The van der Waals surface area contributed by atoms with Gasteiger partial charge in [-0.05, 0) is 36.2 Å². The van der Waals surface area contributed by atoms with Crippen molar-refractivity contribution in [3.63, 3.8) is 0 Å². The summed E-state index contributed by atoms with van der Waals surface area (Å²) in [6, 6.07) is 9.23. The van der Waals surface area contributed by atoms with Gasteiger partial charge in [0.05, 0.1) is 0 Å². The number of rotatable bonds is 4. The first-order valence-electron chi connectivity index (χ1n) is 6.12. The summed E-state index contributed by atoms with van der Waals surface area (Å²) in [4.78, 5) is 25.8. The number of hydrogen-bond acceptors (Lipinski definition) is 2. The summed E-state index contributed by atoms with van der Waals surface area (Å²) in [6.07, 6.45) is 2.30. The molecule has 2 aromatic rings. The highest BCUT2D eigenvalue weighted by Crippen LogP contribution is 2.05. The lowest BCUT2D eigenvalue weighted by atomic mass is 10.1. The zero-order valence-electron chi connectivity index (χ0n) is 10.7. The lowest BCUT2D eigenvalue weighted by Gasteiger charge is -2.06. The number of carbonyl (C=O) groups excluding carboxylic acids is 2. The van der Waals surface area contributed by atoms with Gasteiger partial charge in [-0.1, -0.05) is 12.1 Å². The second-order valence-electron chi connectivity index (χ2n) is 4.21. The molecule has 0 aliphatic rings. The summed E-state index contributed by atoms with van der Waals surface area (Å²) in [6.45, 7) is 0. The molecule has 0 atom stereocenters. The van der Waals surface area contributed by atoms with E-state index in [4.69, 9.17) is 0 Å². The van der Waals surface area contributed by atoms with Crippen LogP contribution in [-0.2, 0) is 11.2 Å². The van der Waals surface area contributed by atoms with Crippen LogP contribution in [0.25, 0.3) is 0 Å². The molecule has 1 aromatic heterocycles. The monoisotopic (exact) mass is 275 g/mol. The van der Waals surface area contributed by atoms with Gasteiger partial charge in [0.1, 0.15) is 11.5 Å². The van der Waals surface area contributed by atoms with Gasteiger partial charge in [-0.2, -0.15) is 0 Å². The van der Waals surface area contributed by atoms with Crippen molar-refractivity contribution in [2.45, 2.75) is 12.8 Å². The van der Waals surface area contributed by atoms with Crippen LogP contribution in [0.5, 0.6) is 0 Å². The summed E-state index contributed by atoms with van der Waals surface area (Å²) in [7, 11) is 0. The molecule has 0 aliphatic carbocycles. The number of halogens is 1. The number of hydrazine groups is 1. The van der Waals surface area contributed by atoms with E-state index in [0.717, 1.165) is 5.56 Å². The molecule has 0 spiro atoms. The molecule has 0 fully saturated rings. The summed E-state index contributed by atoms with van der Waals surface area (Å²) in [5.41, 5.74) is 5.84. The predicted molar refractivity (Wildman–Crippen MR) is 71.1 cm³/mol. The third-order valence-electron chi connectivity index (χ3n) is 2.71. The molecule has 20 heavy (non-hydrogen) atoms. The molecule has 3 N–H and O–H groups in total. The summed E-state index contributed by atoms with van der Waals surface area (Å²) < 4.78 is 12.7. The van der Waals surface area contributed by atoms with Gasteiger partial charge < -0.3 is 4.98 Å². The van der Waals surface area contributed by atoms with Crippen molar-refractivity contribution in [1.82, 2.24) is 15.8 Å². The van der Waals surface area contributed by atoms with Gasteiger partial charge in [0, 0.05) is 12.6 Å². The molecule has 2 amide bonds. The van der Waals surface area contributed by atoms with E-state index >= 15 is 0 Å². The normalized spacial score (nSPS) is 10.1. The highest BCUT2D eigenvalue weighted by atomic mass is 19.1. The first-order valence-corrected chi connectivity index (χ1v) is 6.12. The maximum Gasteiger partial charge on any atom is 0.286 e. The van der Waals surface area contributed by atoms with Crippen molar-refractivity contribution in [1.29, 1.82) is 0 Å². The molecule has 0 saturated carbocycles. The topological polar surface area (TPSA) is 74.0 Å².